The van der Waals surface area contributed by atoms with Gasteiger partial charge in [0.15, 0.2) is 6.10 Å². The van der Waals surface area contributed by atoms with E-state index < -0.39 is 0 Å². The van der Waals surface area contributed by atoms with Crippen LogP contribution in [0.5, 0.6) is 0 Å². The van der Waals surface area contributed by atoms with Crippen molar-refractivity contribution in [3.63, 3.8) is 0 Å². The van der Waals surface area contributed by atoms with Gasteiger partial charge >= 0.3 is 5.97 Å². The standard InChI is InChI=1S/C10H17IO3/c1-6(2)4-7(11)8-5-9(13-3)10(12)14-8/h6-9H,4-5H2,1-3H3/t7-,8+,9-/m0/s1. The molecular weight excluding hydrogens is 295 g/mol. The van der Waals surface area contributed by atoms with Gasteiger partial charge in [0, 0.05) is 17.5 Å². The SMILES string of the molecule is CO[C@H]1C[C@H]([C@@H](I)CC(C)C)OC1=O. The lowest BCUT2D eigenvalue weighted by molar-refractivity contribution is -0.148. The molecule has 0 radical (unpaired) electrons. The van der Waals surface area contributed by atoms with Crippen molar-refractivity contribution < 1.29 is 14.3 Å². The highest BCUT2D eigenvalue weighted by molar-refractivity contribution is 14.1. The highest BCUT2D eigenvalue weighted by atomic mass is 127. The summed E-state index contributed by atoms with van der Waals surface area (Å²) < 4.78 is 10.7. The van der Waals surface area contributed by atoms with Gasteiger partial charge in [0.2, 0.25) is 0 Å². The van der Waals surface area contributed by atoms with E-state index in [0.717, 1.165) is 6.42 Å². The third-order valence-electron chi connectivity index (χ3n) is 2.36. The van der Waals surface area contributed by atoms with Crippen LogP contribution in [-0.2, 0) is 14.3 Å². The average Bonchev–Trinajstić information content (AvgIpc) is 2.45. The van der Waals surface area contributed by atoms with Crippen LogP contribution >= 0.6 is 22.6 Å². The number of cyclic esters (lactones) is 1. The van der Waals surface area contributed by atoms with E-state index in [0.29, 0.717) is 16.3 Å². The van der Waals surface area contributed by atoms with Gasteiger partial charge in [0.1, 0.15) is 6.10 Å². The van der Waals surface area contributed by atoms with Gasteiger partial charge in [-0.15, -0.1) is 0 Å². The average molecular weight is 312 g/mol. The van der Waals surface area contributed by atoms with Gasteiger partial charge in [-0.1, -0.05) is 36.4 Å². The molecule has 0 bridgehead atoms. The van der Waals surface area contributed by atoms with Crippen molar-refractivity contribution in [1.82, 2.24) is 0 Å². The smallest absolute Gasteiger partial charge is 0.335 e. The Hall–Kier alpha value is 0.160. The third kappa shape index (κ3) is 3.08. The first-order chi connectivity index (χ1) is 6.54. The Labute approximate surface area is 98.7 Å². The normalized spacial score (nSPS) is 29.4. The third-order valence-corrected chi connectivity index (χ3v) is 3.67. The molecule has 3 atom stereocenters. The number of hydrogen-bond donors (Lipinski definition) is 0. The van der Waals surface area contributed by atoms with Crippen LogP contribution in [0.1, 0.15) is 26.7 Å². The summed E-state index contributed by atoms with van der Waals surface area (Å²) in [6.45, 7) is 4.35. The maximum Gasteiger partial charge on any atom is 0.335 e. The lowest BCUT2D eigenvalue weighted by Gasteiger charge is -2.17. The summed E-state index contributed by atoms with van der Waals surface area (Å²) in [7, 11) is 1.55. The molecule has 0 unspecified atom stereocenters. The molecule has 0 amide bonds. The van der Waals surface area contributed by atoms with Gasteiger partial charge in [0.25, 0.3) is 0 Å². The van der Waals surface area contributed by atoms with Crippen LogP contribution in [0, 0.1) is 5.92 Å². The number of rotatable bonds is 4. The van der Waals surface area contributed by atoms with Crippen molar-refractivity contribution in [1.29, 1.82) is 0 Å². The molecule has 1 saturated heterocycles. The van der Waals surface area contributed by atoms with E-state index in [4.69, 9.17) is 9.47 Å². The number of carbonyl (C=O) groups excluding carboxylic acids is 1. The summed E-state index contributed by atoms with van der Waals surface area (Å²) in [5.41, 5.74) is 0. The molecular formula is C10H17IO3. The minimum Gasteiger partial charge on any atom is -0.459 e. The number of hydrogen-bond acceptors (Lipinski definition) is 3. The Morgan fingerprint density at radius 3 is 2.71 bits per heavy atom. The minimum atomic E-state index is -0.343. The number of carbonyl (C=O) groups is 1. The first-order valence-corrected chi connectivity index (χ1v) is 6.16. The number of esters is 1. The molecule has 0 aromatic heterocycles. The quantitative estimate of drug-likeness (QED) is 0.453. The van der Waals surface area contributed by atoms with Crippen molar-refractivity contribution in [3.05, 3.63) is 0 Å². The van der Waals surface area contributed by atoms with Crippen LogP contribution < -0.4 is 0 Å². The van der Waals surface area contributed by atoms with E-state index in [2.05, 4.69) is 36.4 Å². The molecule has 1 aliphatic rings. The Morgan fingerprint density at radius 2 is 2.29 bits per heavy atom. The van der Waals surface area contributed by atoms with Gasteiger partial charge in [-0.2, -0.15) is 0 Å². The Balaban J connectivity index is 2.44. The molecule has 0 aliphatic carbocycles. The molecule has 0 spiro atoms. The Bertz CT molecular complexity index is 206. The predicted octanol–water partition coefficient (Wildman–Crippen LogP) is 2.17. The van der Waals surface area contributed by atoms with E-state index >= 15 is 0 Å². The fourth-order valence-corrected chi connectivity index (χ4v) is 3.05. The molecule has 0 aromatic rings. The fourth-order valence-electron chi connectivity index (χ4n) is 1.60. The summed E-state index contributed by atoms with van der Waals surface area (Å²) in [6.07, 6.45) is 1.48. The van der Waals surface area contributed by atoms with Crippen molar-refractivity contribution >= 4 is 28.6 Å². The predicted molar refractivity (Wildman–Crippen MR) is 62.6 cm³/mol. The zero-order valence-corrected chi connectivity index (χ0v) is 11.0. The Morgan fingerprint density at radius 1 is 1.64 bits per heavy atom. The topological polar surface area (TPSA) is 35.5 Å². The number of halogens is 1. The van der Waals surface area contributed by atoms with Gasteiger partial charge < -0.3 is 9.47 Å². The largest absolute Gasteiger partial charge is 0.459 e. The summed E-state index contributed by atoms with van der Waals surface area (Å²) in [4.78, 5) is 11.3. The van der Waals surface area contributed by atoms with Crippen LogP contribution in [0.2, 0.25) is 0 Å². The van der Waals surface area contributed by atoms with Gasteiger partial charge in [-0.3, -0.25) is 0 Å². The fraction of sp³-hybridized carbons (Fsp3) is 0.900. The highest BCUT2D eigenvalue weighted by Gasteiger charge is 2.38. The number of ether oxygens (including phenoxy) is 2. The summed E-state index contributed by atoms with van der Waals surface area (Å²) in [6, 6.07) is 0. The number of methoxy groups -OCH3 is 1. The summed E-state index contributed by atoms with van der Waals surface area (Å²) >= 11 is 2.36. The van der Waals surface area contributed by atoms with E-state index in [-0.39, 0.29) is 18.2 Å². The summed E-state index contributed by atoms with van der Waals surface area (Å²) in [5, 5.41) is 0. The monoisotopic (exact) mass is 312 g/mol. The zero-order chi connectivity index (χ0) is 10.7. The lowest BCUT2D eigenvalue weighted by Crippen LogP contribution is -2.21. The molecule has 0 aromatic carbocycles. The van der Waals surface area contributed by atoms with Crippen molar-refractivity contribution in [2.24, 2.45) is 5.92 Å². The van der Waals surface area contributed by atoms with E-state index in [9.17, 15) is 4.79 Å². The van der Waals surface area contributed by atoms with E-state index in [1.807, 2.05) is 0 Å². The maximum atomic E-state index is 11.3. The number of alkyl halides is 1. The highest BCUT2D eigenvalue weighted by Crippen LogP contribution is 2.28. The van der Waals surface area contributed by atoms with Gasteiger partial charge in [-0.25, -0.2) is 4.79 Å². The van der Waals surface area contributed by atoms with E-state index in [1.54, 1.807) is 7.11 Å². The summed E-state index contributed by atoms with van der Waals surface area (Å²) in [5.74, 6) is 0.431. The van der Waals surface area contributed by atoms with E-state index in [1.165, 1.54) is 0 Å². The van der Waals surface area contributed by atoms with Crippen molar-refractivity contribution in [3.8, 4) is 0 Å². The van der Waals surface area contributed by atoms with Crippen LogP contribution in [0.3, 0.4) is 0 Å². The minimum absolute atomic E-state index is 0.0375. The molecule has 4 heteroatoms. The van der Waals surface area contributed by atoms with Crippen molar-refractivity contribution in [2.75, 3.05) is 7.11 Å². The second-order valence-electron chi connectivity index (χ2n) is 4.08. The molecule has 82 valence electrons. The molecule has 1 aliphatic heterocycles. The van der Waals surface area contributed by atoms with Gasteiger partial charge in [0.05, 0.1) is 0 Å². The van der Waals surface area contributed by atoms with Crippen LogP contribution in [0.4, 0.5) is 0 Å². The second-order valence-corrected chi connectivity index (χ2v) is 5.68. The molecule has 1 rings (SSSR count). The van der Waals surface area contributed by atoms with Crippen molar-refractivity contribution in [2.45, 2.75) is 42.8 Å². The molecule has 0 saturated carbocycles. The zero-order valence-electron chi connectivity index (χ0n) is 8.83. The Kier molecular flexibility index (Phi) is 4.63. The van der Waals surface area contributed by atoms with Crippen LogP contribution in [-0.4, -0.2) is 29.2 Å². The molecule has 3 nitrogen and oxygen atoms in total. The maximum absolute atomic E-state index is 11.3. The molecule has 14 heavy (non-hydrogen) atoms. The first-order valence-electron chi connectivity index (χ1n) is 4.92. The molecule has 1 fully saturated rings. The van der Waals surface area contributed by atoms with Gasteiger partial charge in [-0.05, 0) is 12.3 Å². The first kappa shape index (κ1) is 12.2. The second kappa shape index (κ2) is 5.30. The van der Waals surface area contributed by atoms with Crippen LogP contribution in [0.15, 0.2) is 0 Å². The molecule has 1 heterocycles. The van der Waals surface area contributed by atoms with Crippen LogP contribution in [0.25, 0.3) is 0 Å². The molecule has 0 N–H and O–H groups in total. The lowest BCUT2D eigenvalue weighted by atomic mass is 10.0.